The lowest BCUT2D eigenvalue weighted by atomic mass is 10.1. The Morgan fingerprint density at radius 2 is 1.86 bits per heavy atom. The summed E-state index contributed by atoms with van der Waals surface area (Å²) in [4.78, 5) is 11.7. The monoisotopic (exact) mass is 312 g/mol. The number of ether oxygens (including phenoxy) is 1. The first-order chi connectivity index (χ1) is 9.93. The standard InChI is InChI=1S/C14H11ClF2N2O2/c1-21-14(20)8-5-7(18)6-9(15)12(8)19-13-10(16)3-2-4-11(13)17/h2-6,19H,18H2,1H3. The number of para-hydroxylation sites is 1. The zero-order chi connectivity index (χ0) is 15.6. The topological polar surface area (TPSA) is 64.3 Å². The maximum atomic E-state index is 13.7. The van der Waals surface area contributed by atoms with Crippen LogP contribution in [0.15, 0.2) is 30.3 Å². The second-order valence-corrected chi connectivity index (χ2v) is 4.55. The summed E-state index contributed by atoms with van der Waals surface area (Å²) in [5, 5.41) is 2.52. The van der Waals surface area contributed by atoms with Crippen molar-refractivity contribution in [1.82, 2.24) is 0 Å². The van der Waals surface area contributed by atoms with Crippen molar-refractivity contribution in [2.45, 2.75) is 0 Å². The molecule has 0 atom stereocenters. The van der Waals surface area contributed by atoms with Crippen LogP contribution in [0.5, 0.6) is 0 Å². The van der Waals surface area contributed by atoms with E-state index < -0.39 is 23.3 Å². The lowest BCUT2D eigenvalue weighted by Crippen LogP contribution is -2.08. The van der Waals surface area contributed by atoms with E-state index in [1.807, 2.05) is 0 Å². The number of rotatable bonds is 3. The molecule has 3 N–H and O–H groups in total. The largest absolute Gasteiger partial charge is 0.465 e. The molecule has 4 nitrogen and oxygen atoms in total. The van der Waals surface area contributed by atoms with E-state index in [-0.39, 0.29) is 22.0 Å². The highest BCUT2D eigenvalue weighted by atomic mass is 35.5. The average molecular weight is 313 g/mol. The van der Waals surface area contributed by atoms with Crippen LogP contribution < -0.4 is 11.1 Å². The normalized spacial score (nSPS) is 10.3. The van der Waals surface area contributed by atoms with Gasteiger partial charge in [-0.15, -0.1) is 0 Å². The number of esters is 1. The summed E-state index contributed by atoms with van der Waals surface area (Å²) >= 11 is 6.00. The van der Waals surface area contributed by atoms with E-state index in [1.54, 1.807) is 0 Å². The number of hydrogen-bond acceptors (Lipinski definition) is 4. The van der Waals surface area contributed by atoms with Crippen molar-refractivity contribution in [2.75, 3.05) is 18.2 Å². The number of carbonyl (C=O) groups is 1. The molecule has 0 aliphatic carbocycles. The van der Waals surface area contributed by atoms with Crippen molar-refractivity contribution >= 4 is 34.6 Å². The van der Waals surface area contributed by atoms with Crippen molar-refractivity contribution < 1.29 is 18.3 Å². The Morgan fingerprint density at radius 1 is 1.24 bits per heavy atom. The Bertz CT molecular complexity index is 687. The van der Waals surface area contributed by atoms with Crippen LogP contribution in [0.3, 0.4) is 0 Å². The first kappa shape index (κ1) is 15.1. The number of methoxy groups -OCH3 is 1. The van der Waals surface area contributed by atoms with Gasteiger partial charge in [0.15, 0.2) is 0 Å². The molecule has 0 saturated carbocycles. The number of hydrogen-bond donors (Lipinski definition) is 2. The number of nitrogens with one attached hydrogen (secondary N) is 1. The van der Waals surface area contributed by atoms with Crippen LogP contribution >= 0.6 is 11.6 Å². The Balaban J connectivity index is 2.56. The highest BCUT2D eigenvalue weighted by molar-refractivity contribution is 6.34. The third-order valence-electron chi connectivity index (χ3n) is 2.73. The van der Waals surface area contributed by atoms with Gasteiger partial charge in [-0.3, -0.25) is 0 Å². The predicted octanol–water partition coefficient (Wildman–Crippen LogP) is 3.73. The van der Waals surface area contributed by atoms with Crippen LogP contribution in [-0.2, 0) is 4.74 Å². The fourth-order valence-corrected chi connectivity index (χ4v) is 2.04. The number of nitrogen functional groups attached to an aromatic ring is 1. The van der Waals surface area contributed by atoms with E-state index in [9.17, 15) is 13.6 Å². The van der Waals surface area contributed by atoms with Crippen molar-refractivity contribution in [1.29, 1.82) is 0 Å². The highest BCUT2D eigenvalue weighted by Crippen LogP contribution is 2.33. The summed E-state index contributed by atoms with van der Waals surface area (Å²) in [7, 11) is 1.17. The van der Waals surface area contributed by atoms with Gasteiger partial charge in [-0.2, -0.15) is 0 Å². The minimum Gasteiger partial charge on any atom is -0.465 e. The maximum absolute atomic E-state index is 13.7. The van der Waals surface area contributed by atoms with Gasteiger partial charge in [-0.05, 0) is 24.3 Å². The number of benzene rings is 2. The Hall–Kier alpha value is -2.34. The number of halogens is 3. The van der Waals surface area contributed by atoms with E-state index in [4.69, 9.17) is 17.3 Å². The summed E-state index contributed by atoms with van der Waals surface area (Å²) in [5.74, 6) is -2.37. The second-order valence-electron chi connectivity index (χ2n) is 4.14. The van der Waals surface area contributed by atoms with Crippen LogP contribution in [0.2, 0.25) is 5.02 Å². The van der Waals surface area contributed by atoms with E-state index >= 15 is 0 Å². The average Bonchev–Trinajstić information content (AvgIpc) is 2.43. The number of carbonyl (C=O) groups excluding carboxylic acids is 1. The van der Waals surface area contributed by atoms with Gasteiger partial charge in [0, 0.05) is 5.69 Å². The van der Waals surface area contributed by atoms with Crippen LogP contribution in [0.4, 0.5) is 25.8 Å². The molecule has 0 unspecified atom stereocenters. The van der Waals surface area contributed by atoms with Gasteiger partial charge in [0.25, 0.3) is 0 Å². The molecule has 2 aromatic rings. The molecule has 0 aliphatic heterocycles. The first-order valence-corrected chi connectivity index (χ1v) is 6.20. The predicted molar refractivity (Wildman–Crippen MR) is 76.8 cm³/mol. The van der Waals surface area contributed by atoms with Gasteiger partial charge in [-0.25, -0.2) is 13.6 Å². The Kier molecular flexibility index (Phi) is 4.28. The molecule has 110 valence electrons. The second kappa shape index (κ2) is 5.97. The molecule has 21 heavy (non-hydrogen) atoms. The van der Waals surface area contributed by atoms with Crippen molar-refractivity contribution in [3.05, 3.63) is 52.6 Å². The van der Waals surface area contributed by atoms with Crippen molar-refractivity contribution in [3.63, 3.8) is 0 Å². The van der Waals surface area contributed by atoms with Gasteiger partial charge < -0.3 is 15.8 Å². The van der Waals surface area contributed by atoms with Gasteiger partial charge in [-0.1, -0.05) is 17.7 Å². The molecule has 0 fully saturated rings. The molecule has 7 heteroatoms. The van der Waals surface area contributed by atoms with E-state index in [2.05, 4.69) is 10.1 Å². The van der Waals surface area contributed by atoms with E-state index in [1.165, 1.54) is 25.3 Å². The molecule has 0 heterocycles. The highest BCUT2D eigenvalue weighted by Gasteiger charge is 2.19. The summed E-state index contributed by atoms with van der Waals surface area (Å²) < 4.78 is 32.0. The van der Waals surface area contributed by atoms with E-state index in [0.29, 0.717) is 0 Å². The van der Waals surface area contributed by atoms with E-state index in [0.717, 1.165) is 12.1 Å². The smallest absolute Gasteiger partial charge is 0.340 e. The Labute approximate surface area is 124 Å². The SMILES string of the molecule is COC(=O)c1cc(N)cc(Cl)c1Nc1c(F)cccc1F. The van der Waals surface area contributed by atoms with Crippen molar-refractivity contribution in [2.24, 2.45) is 0 Å². The summed E-state index contributed by atoms with van der Waals surface area (Å²) in [5.41, 5.74) is 5.40. The molecule has 0 radical (unpaired) electrons. The molecule has 0 aliphatic rings. The molecule has 2 rings (SSSR count). The third kappa shape index (κ3) is 3.05. The van der Waals surface area contributed by atoms with Crippen molar-refractivity contribution in [3.8, 4) is 0 Å². The molecule has 0 spiro atoms. The molecule has 0 bridgehead atoms. The molecule has 2 aromatic carbocycles. The zero-order valence-corrected chi connectivity index (χ0v) is 11.7. The fraction of sp³-hybridized carbons (Fsp3) is 0.0714. The summed E-state index contributed by atoms with van der Waals surface area (Å²) in [6, 6.07) is 6.04. The summed E-state index contributed by atoms with van der Waals surface area (Å²) in [6.45, 7) is 0. The quantitative estimate of drug-likeness (QED) is 0.669. The molecular weight excluding hydrogens is 302 g/mol. The van der Waals surface area contributed by atoms with Crippen LogP contribution in [0.1, 0.15) is 10.4 Å². The zero-order valence-electron chi connectivity index (χ0n) is 10.9. The lowest BCUT2D eigenvalue weighted by Gasteiger charge is -2.14. The maximum Gasteiger partial charge on any atom is 0.340 e. The molecule has 0 saturated heterocycles. The third-order valence-corrected chi connectivity index (χ3v) is 3.03. The van der Waals surface area contributed by atoms with Gasteiger partial charge >= 0.3 is 5.97 Å². The van der Waals surface area contributed by atoms with Crippen LogP contribution in [0.25, 0.3) is 0 Å². The number of nitrogens with two attached hydrogens (primary N) is 1. The minimum atomic E-state index is -0.821. The molecule has 0 aromatic heterocycles. The van der Waals surface area contributed by atoms with Gasteiger partial charge in [0.1, 0.15) is 17.3 Å². The minimum absolute atomic E-state index is 0.0155. The van der Waals surface area contributed by atoms with Gasteiger partial charge in [0.05, 0.1) is 23.4 Å². The van der Waals surface area contributed by atoms with Gasteiger partial charge in [0.2, 0.25) is 0 Å². The number of anilines is 3. The molecule has 0 amide bonds. The summed E-state index contributed by atoms with van der Waals surface area (Å²) in [6.07, 6.45) is 0. The van der Waals surface area contributed by atoms with Crippen LogP contribution in [0, 0.1) is 11.6 Å². The fourth-order valence-electron chi connectivity index (χ4n) is 1.77. The molecular formula is C14H11ClF2N2O2. The first-order valence-electron chi connectivity index (χ1n) is 5.82. The van der Waals surface area contributed by atoms with Crippen LogP contribution in [-0.4, -0.2) is 13.1 Å². The lowest BCUT2D eigenvalue weighted by molar-refractivity contribution is 0.0602. The Morgan fingerprint density at radius 3 is 2.43 bits per heavy atom.